The van der Waals surface area contributed by atoms with Gasteiger partial charge in [0.05, 0.1) is 0 Å². The van der Waals surface area contributed by atoms with Gasteiger partial charge in [0, 0.05) is 11.5 Å². The van der Waals surface area contributed by atoms with Crippen LogP contribution < -0.4 is 0 Å². The molecule has 0 aliphatic carbocycles. The van der Waals surface area contributed by atoms with Crippen molar-refractivity contribution in [3.05, 3.63) is 70.8 Å². The Morgan fingerprint density at radius 3 is 1.23 bits per heavy atom. The summed E-state index contributed by atoms with van der Waals surface area (Å²) in [5, 5.41) is 0. The average molecular weight is 439 g/mol. The Bertz CT molecular complexity index is 631. The molecule has 0 aromatic heterocycles. The quantitative estimate of drug-likeness (QED) is 0.209. The Balaban J connectivity index is 1.75. The lowest BCUT2D eigenvalue weighted by Crippen LogP contribution is -1.96. The van der Waals surface area contributed by atoms with Gasteiger partial charge < -0.3 is 0 Å². The number of thioether (sulfide) groups is 1. The molecule has 0 spiro atoms. The molecular weight excluding hydrogens is 392 g/mol. The number of aryl methyl sites for hydroxylation is 2. The van der Waals surface area contributed by atoms with Crippen LogP contribution in [0.3, 0.4) is 0 Å². The van der Waals surface area contributed by atoms with Gasteiger partial charge in [0.15, 0.2) is 0 Å². The van der Waals surface area contributed by atoms with Crippen LogP contribution in [0.1, 0.15) is 113 Å². The maximum absolute atomic E-state index is 2.36. The first kappa shape index (κ1) is 26.0. The van der Waals surface area contributed by atoms with E-state index in [4.69, 9.17) is 0 Å². The maximum atomic E-state index is 2.36. The summed E-state index contributed by atoms with van der Waals surface area (Å²) < 4.78 is 0. The maximum Gasteiger partial charge on any atom is 0.0190 e. The van der Waals surface area contributed by atoms with Crippen molar-refractivity contribution in [3.8, 4) is 0 Å². The summed E-state index contributed by atoms with van der Waals surface area (Å²) in [6.45, 7) is 4.59. The second kappa shape index (κ2) is 17.4. The minimum Gasteiger partial charge on any atom is -0.152 e. The normalized spacial score (nSPS) is 11.2. The van der Waals surface area contributed by atoms with E-state index in [2.05, 4.69) is 74.1 Å². The smallest absolute Gasteiger partial charge is 0.0190 e. The van der Waals surface area contributed by atoms with Crippen LogP contribution in [0.5, 0.6) is 0 Å². The number of rotatable bonds is 18. The van der Waals surface area contributed by atoms with E-state index in [1.807, 2.05) is 0 Å². The van der Waals surface area contributed by atoms with Gasteiger partial charge in [-0.1, -0.05) is 127 Å². The van der Waals surface area contributed by atoms with E-state index in [9.17, 15) is 0 Å². The summed E-state index contributed by atoms with van der Waals surface area (Å²) in [5.41, 5.74) is 6.25. The van der Waals surface area contributed by atoms with Gasteiger partial charge in [0.1, 0.15) is 0 Å². The summed E-state index contributed by atoms with van der Waals surface area (Å²) in [6.07, 6.45) is 19.0. The molecule has 0 saturated heterocycles. The predicted octanol–water partition coefficient (Wildman–Crippen LogP) is 9.93. The van der Waals surface area contributed by atoms with Crippen molar-refractivity contribution >= 4 is 11.8 Å². The molecule has 172 valence electrons. The highest BCUT2D eigenvalue weighted by Gasteiger charge is 2.05. The SMILES string of the molecule is CCCCCCCCc1ccccc1CSCc1ccccc1CCCCCCCC. The Labute approximate surface area is 197 Å². The van der Waals surface area contributed by atoms with E-state index >= 15 is 0 Å². The van der Waals surface area contributed by atoms with Crippen LogP contribution in [0.4, 0.5) is 0 Å². The van der Waals surface area contributed by atoms with Crippen LogP contribution in [0, 0.1) is 0 Å². The second-order valence-corrected chi connectivity index (χ2v) is 10.1. The Morgan fingerprint density at radius 1 is 0.452 bits per heavy atom. The highest BCUT2D eigenvalue weighted by molar-refractivity contribution is 7.97. The van der Waals surface area contributed by atoms with Gasteiger partial charge in [-0.2, -0.15) is 11.8 Å². The van der Waals surface area contributed by atoms with Gasteiger partial charge in [-0.3, -0.25) is 0 Å². The van der Waals surface area contributed by atoms with Crippen molar-refractivity contribution in [3.63, 3.8) is 0 Å². The summed E-state index contributed by atoms with van der Waals surface area (Å²) in [6, 6.07) is 18.3. The Hall–Kier alpha value is -1.21. The fourth-order valence-corrected chi connectivity index (χ4v) is 5.45. The number of hydrogen-bond donors (Lipinski definition) is 0. The molecule has 0 nitrogen and oxygen atoms in total. The molecule has 0 unspecified atom stereocenters. The molecule has 2 rings (SSSR count). The molecule has 0 aliphatic heterocycles. The molecule has 0 atom stereocenters. The van der Waals surface area contributed by atoms with Gasteiger partial charge in [0.25, 0.3) is 0 Å². The van der Waals surface area contributed by atoms with E-state index in [-0.39, 0.29) is 0 Å². The van der Waals surface area contributed by atoms with Gasteiger partial charge in [-0.15, -0.1) is 0 Å². The van der Waals surface area contributed by atoms with Crippen molar-refractivity contribution in [2.75, 3.05) is 0 Å². The van der Waals surface area contributed by atoms with Crippen molar-refractivity contribution in [1.29, 1.82) is 0 Å². The fraction of sp³-hybridized carbons (Fsp3) is 0.600. The third-order valence-corrected chi connectivity index (χ3v) is 7.38. The minimum atomic E-state index is 1.14. The van der Waals surface area contributed by atoms with Crippen LogP contribution in [0.25, 0.3) is 0 Å². The molecule has 1 heteroatoms. The molecule has 0 saturated carbocycles. The zero-order chi connectivity index (χ0) is 22.0. The molecule has 0 bridgehead atoms. The largest absolute Gasteiger partial charge is 0.152 e. The molecule has 0 heterocycles. The molecule has 0 N–H and O–H groups in total. The van der Waals surface area contributed by atoms with Crippen LogP contribution in [-0.2, 0) is 24.3 Å². The lowest BCUT2D eigenvalue weighted by atomic mass is 10.0. The molecule has 0 fully saturated rings. The highest BCUT2D eigenvalue weighted by atomic mass is 32.2. The van der Waals surface area contributed by atoms with E-state index in [1.54, 1.807) is 22.3 Å². The van der Waals surface area contributed by atoms with Crippen LogP contribution in [0.2, 0.25) is 0 Å². The molecule has 31 heavy (non-hydrogen) atoms. The van der Waals surface area contributed by atoms with Gasteiger partial charge >= 0.3 is 0 Å². The Morgan fingerprint density at radius 2 is 0.806 bits per heavy atom. The third-order valence-electron chi connectivity index (χ3n) is 6.35. The number of unbranched alkanes of at least 4 members (excludes halogenated alkanes) is 10. The summed E-state index contributed by atoms with van der Waals surface area (Å²) in [4.78, 5) is 0. The lowest BCUT2D eigenvalue weighted by molar-refractivity contribution is 0.607. The molecule has 0 amide bonds. The molecular formula is C30H46S. The second-order valence-electron chi connectivity index (χ2n) is 9.07. The first-order valence-electron chi connectivity index (χ1n) is 13.1. The van der Waals surface area contributed by atoms with Crippen LogP contribution in [-0.4, -0.2) is 0 Å². The van der Waals surface area contributed by atoms with Gasteiger partial charge in [-0.05, 0) is 47.9 Å². The molecule has 2 aromatic rings. The van der Waals surface area contributed by atoms with E-state index in [0.717, 1.165) is 11.5 Å². The highest BCUT2D eigenvalue weighted by Crippen LogP contribution is 2.24. The zero-order valence-electron chi connectivity index (χ0n) is 20.3. The molecule has 0 radical (unpaired) electrons. The van der Waals surface area contributed by atoms with Gasteiger partial charge in [0.2, 0.25) is 0 Å². The van der Waals surface area contributed by atoms with Crippen molar-refractivity contribution in [1.82, 2.24) is 0 Å². The number of hydrogen-bond acceptors (Lipinski definition) is 1. The zero-order valence-corrected chi connectivity index (χ0v) is 21.2. The lowest BCUT2D eigenvalue weighted by Gasteiger charge is -2.12. The monoisotopic (exact) mass is 438 g/mol. The fourth-order valence-electron chi connectivity index (χ4n) is 4.35. The molecule has 0 aliphatic rings. The van der Waals surface area contributed by atoms with Crippen LogP contribution >= 0.6 is 11.8 Å². The number of benzene rings is 2. The van der Waals surface area contributed by atoms with Gasteiger partial charge in [-0.25, -0.2) is 0 Å². The third kappa shape index (κ3) is 11.3. The predicted molar refractivity (Wildman–Crippen MR) is 142 cm³/mol. The van der Waals surface area contributed by atoms with E-state index in [1.165, 1.54) is 89.9 Å². The molecule has 2 aromatic carbocycles. The average Bonchev–Trinajstić information content (AvgIpc) is 2.80. The van der Waals surface area contributed by atoms with E-state index in [0.29, 0.717) is 0 Å². The summed E-state index contributed by atoms with van der Waals surface area (Å²) in [7, 11) is 0. The first-order chi connectivity index (χ1) is 15.3. The summed E-state index contributed by atoms with van der Waals surface area (Å²) in [5.74, 6) is 2.27. The van der Waals surface area contributed by atoms with Crippen molar-refractivity contribution < 1.29 is 0 Å². The Kier molecular flexibility index (Phi) is 14.6. The topological polar surface area (TPSA) is 0 Å². The van der Waals surface area contributed by atoms with Crippen LogP contribution in [0.15, 0.2) is 48.5 Å². The first-order valence-corrected chi connectivity index (χ1v) is 14.2. The van der Waals surface area contributed by atoms with E-state index < -0.39 is 0 Å². The van der Waals surface area contributed by atoms with Crippen molar-refractivity contribution in [2.45, 2.75) is 115 Å². The standard InChI is InChI=1S/C30H46S/c1-3-5-7-9-11-13-19-27-21-15-17-23-29(27)25-31-26-30-24-18-16-22-28(30)20-14-12-10-8-6-4-2/h15-18,21-24H,3-14,19-20,25-26H2,1-2H3. The minimum absolute atomic E-state index is 1.14. The van der Waals surface area contributed by atoms with Crippen molar-refractivity contribution in [2.24, 2.45) is 0 Å². The summed E-state index contributed by atoms with van der Waals surface area (Å²) >= 11 is 2.09.